The summed E-state index contributed by atoms with van der Waals surface area (Å²) < 4.78 is 51.3. The SMILES string of the molecule is COc1cc(-c2cc3c(cc2-c2ccc(S(C)(=O)=O)cc2)OCO3)cc(OC)c1OC. The van der Waals surface area contributed by atoms with Crippen LogP contribution in [0.15, 0.2) is 53.4 Å². The molecule has 0 unspecified atom stereocenters. The highest BCUT2D eigenvalue weighted by molar-refractivity contribution is 7.90. The van der Waals surface area contributed by atoms with Crippen molar-refractivity contribution in [2.24, 2.45) is 0 Å². The van der Waals surface area contributed by atoms with E-state index in [-0.39, 0.29) is 11.7 Å². The average Bonchev–Trinajstić information content (AvgIpc) is 3.24. The van der Waals surface area contributed by atoms with Crippen molar-refractivity contribution in [2.45, 2.75) is 4.90 Å². The molecular formula is C23H22O7S. The van der Waals surface area contributed by atoms with Crippen molar-refractivity contribution in [3.63, 3.8) is 0 Å². The lowest BCUT2D eigenvalue weighted by Crippen LogP contribution is -1.97. The first kappa shape index (κ1) is 20.9. The van der Waals surface area contributed by atoms with Crippen molar-refractivity contribution in [1.82, 2.24) is 0 Å². The standard InChI is InChI=1S/C23H22O7S/c1-26-21-9-15(10-22(27-2)23(21)28-3)18-12-20-19(29-13-30-20)11-17(18)14-5-7-16(8-6-14)31(4,24)25/h5-12H,13H2,1-4H3. The second kappa shape index (κ2) is 8.03. The lowest BCUT2D eigenvalue weighted by atomic mass is 9.93. The highest BCUT2D eigenvalue weighted by Crippen LogP contribution is 2.47. The molecule has 162 valence electrons. The third-order valence-electron chi connectivity index (χ3n) is 5.08. The van der Waals surface area contributed by atoms with Gasteiger partial charge in [-0.3, -0.25) is 0 Å². The van der Waals surface area contributed by atoms with Gasteiger partial charge in [-0.15, -0.1) is 0 Å². The number of hydrogen-bond acceptors (Lipinski definition) is 7. The van der Waals surface area contributed by atoms with Crippen molar-refractivity contribution in [3.8, 4) is 51.0 Å². The molecule has 31 heavy (non-hydrogen) atoms. The maximum Gasteiger partial charge on any atom is 0.231 e. The highest BCUT2D eigenvalue weighted by atomic mass is 32.2. The van der Waals surface area contributed by atoms with Crippen molar-refractivity contribution in [2.75, 3.05) is 34.4 Å². The van der Waals surface area contributed by atoms with Crippen LogP contribution in [0.2, 0.25) is 0 Å². The van der Waals surface area contributed by atoms with Gasteiger partial charge in [0.15, 0.2) is 32.8 Å². The fraction of sp³-hybridized carbons (Fsp3) is 0.217. The van der Waals surface area contributed by atoms with Gasteiger partial charge in [0.2, 0.25) is 12.5 Å². The zero-order valence-electron chi connectivity index (χ0n) is 17.6. The summed E-state index contributed by atoms with van der Waals surface area (Å²) in [6.45, 7) is 0.139. The van der Waals surface area contributed by atoms with Gasteiger partial charge in [0, 0.05) is 6.26 Å². The maximum absolute atomic E-state index is 11.8. The number of methoxy groups -OCH3 is 3. The van der Waals surface area contributed by atoms with Gasteiger partial charge < -0.3 is 23.7 Å². The number of rotatable bonds is 6. The third kappa shape index (κ3) is 3.86. The highest BCUT2D eigenvalue weighted by Gasteiger charge is 2.22. The van der Waals surface area contributed by atoms with Gasteiger partial charge in [-0.1, -0.05) is 12.1 Å². The quantitative estimate of drug-likeness (QED) is 0.567. The minimum Gasteiger partial charge on any atom is -0.493 e. The Morgan fingerprint density at radius 2 is 1.26 bits per heavy atom. The van der Waals surface area contributed by atoms with Gasteiger partial charge in [-0.05, 0) is 58.7 Å². The molecule has 0 saturated heterocycles. The molecule has 0 radical (unpaired) electrons. The predicted molar refractivity (Wildman–Crippen MR) is 116 cm³/mol. The molecule has 1 heterocycles. The van der Waals surface area contributed by atoms with E-state index in [1.807, 2.05) is 24.3 Å². The van der Waals surface area contributed by atoms with Gasteiger partial charge in [0.05, 0.1) is 26.2 Å². The number of hydrogen-bond donors (Lipinski definition) is 0. The van der Waals surface area contributed by atoms with E-state index >= 15 is 0 Å². The number of benzene rings is 3. The molecule has 0 saturated carbocycles. The van der Waals surface area contributed by atoms with Crippen LogP contribution < -0.4 is 23.7 Å². The van der Waals surface area contributed by atoms with E-state index in [1.165, 1.54) is 6.26 Å². The molecule has 7 nitrogen and oxygen atoms in total. The summed E-state index contributed by atoms with van der Waals surface area (Å²) in [6, 6.07) is 14.2. The average molecular weight is 442 g/mol. The molecule has 0 amide bonds. The maximum atomic E-state index is 11.8. The fourth-order valence-electron chi connectivity index (χ4n) is 3.54. The molecule has 0 atom stereocenters. The first-order valence-corrected chi connectivity index (χ1v) is 11.3. The Morgan fingerprint density at radius 1 is 0.742 bits per heavy atom. The van der Waals surface area contributed by atoms with Gasteiger partial charge in [0.25, 0.3) is 0 Å². The Morgan fingerprint density at radius 3 is 1.71 bits per heavy atom. The smallest absolute Gasteiger partial charge is 0.231 e. The van der Waals surface area contributed by atoms with Gasteiger partial charge in [-0.2, -0.15) is 0 Å². The van der Waals surface area contributed by atoms with Crippen LogP contribution in [0.25, 0.3) is 22.3 Å². The molecule has 8 heteroatoms. The van der Waals surface area contributed by atoms with Crippen LogP contribution in [0.5, 0.6) is 28.7 Å². The summed E-state index contributed by atoms with van der Waals surface area (Å²) in [4.78, 5) is 0.256. The Hall–Kier alpha value is -3.39. The molecule has 1 aliphatic rings. The minimum absolute atomic E-state index is 0.139. The number of ether oxygens (including phenoxy) is 5. The predicted octanol–water partition coefficient (Wildman–Crippen LogP) is 4.18. The van der Waals surface area contributed by atoms with Crippen LogP contribution in [0.3, 0.4) is 0 Å². The summed E-state index contributed by atoms with van der Waals surface area (Å²) in [5.74, 6) is 2.79. The number of fused-ring (bicyclic) bond motifs is 1. The summed E-state index contributed by atoms with van der Waals surface area (Å²) in [7, 11) is 1.38. The lowest BCUT2D eigenvalue weighted by Gasteiger charge is -2.17. The van der Waals surface area contributed by atoms with Gasteiger partial charge >= 0.3 is 0 Å². The van der Waals surface area contributed by atoms with E-state index in [0.29, 0.717) is 28.7 Å². The van der Waals surface area contributed by atoms with Crippen LogP contribution >= 0.6 is 0 Å². The summed E-state index contributed by atoms with van der Waals surface area (Å²) in [5.41, 5.74) is 3.33. The Kier molecular flexibility index (Phi) is 5.41. The Balaban J connectivity index is 1.93. The first-order chi connectivity index (χ1) is 14.9. The van der Waals surface area contributed by atoms with Crippen molar-refractivity contribution in [1.29, 1.82) is 0 Å². The Bertz CT molecular complexity index is 1210. The van der Waals surface area contributed by atoms with E-state index in [9.17, 15) is 8.42 Å². The van der Waals surface area contributed by atoms with Crippen LogP contribution in [0, 0.1) is 0 Å². The summed E-state index contributed by atoms with van der Waals surface area (Å²) in [6.07, 6.45) is 1.18. The lowest BCUT2D eigenvalue weighted by molar-refractivity contribution is 0.174. The monoisotopic (exact) mass is 442 g/mol. The number of sulfone groups is 1. The normalized spacial score (nSPS) is 12.5. The second-order valence-corrected chi connectivity index (χ2v) is 8.98. The molecule has 0 aliphatic carbocycles. The van der Waals surface area contributed by atoms with Crippen LogP contribution in [0.4, 0.5) is 0 Å². The molecule has 1 aliphatic heterocycles. The van der Waals surface area contributed by atoms with Crippen LogP contribution in [-0.2, 0) is 9.84 Å². The summed E-state index contributed by atoms with van der Waals surface area (Å²) in [5, 5.41) is 0. The van der Waals surface area contributed by atoms with E-state index < -0.39 is 9.84 Å². The molecule has 0 N–H and O–H groups in total. The molecular weight excluding hydrogens is 420 g/mol. The van der Waals surface area contributed by atoms with Crippen molar-refractivity contribution in [3.05, 3.63) is 48.5 Å². The molecule has 3 aromatic carbocycles. The molecule has 0 aromatic heterocycles. The van der Waals surface area contributed by atoms with Crippen LogP contribution in [-0.4, -0.2) is 42.8 Å². The largest absolute Gasteiger partial charge is 0.493 e. The third-order valence-corrected chi connectivity index (χ3v) is 6.21. The Labute approximate surface area is 181 Å². The van der Waals surface area contributed by atoms with E-state index in [2.05, 4.69) is 0 Å². The molecule has 4 rings (SSSR count). The van der Waals surface area contributed by atoms with Crippen molar-refractivity contribution < 1.29 is 32.1 Å². The zero-order chi connectivity index (χ0) is 22.2. The van der Waals surface area contributed by atoms with Gasteiger partial charge in [0.1, 0.15) is 0 Å². The minimum atomic E-state index is -3.29. The molecule has 0 fully saturated rings. The molecule has 0 spiro atoms. The van der Waals surface area contributed by atoms with Crippen molar-refractivity contribution >= 4 is 9.84 Å². The van der Waals surface area contributed by atoms with E-state index in [0.717, 1.165) is 22.3 Å². The van der Waals surface area contributed by atoms with Crippen LogP contribution in [0.1, 0.15) is 0 Å². The van der Waals surface area contributed by atoms with Gasteiger partial charge in [-0.25, -0.2) is 8.42 Å². The summed E-state index contributed by atoms with van der Waals surface area (Å²) >= 11 is 0. The van der Waals surface area contributed by atoms with E-state index in [1.54, 1.807) is 45.6 Å². The van der Waals surface area contributed by atoms with E-state index in [4.69, 9.17) is 23.7 Å². The second-order valence-electron chi connectivity index (χ2n) is 6.96. The topological polar surface area (TPSA) is 80.3 Å². The zero-order valence-corrected chi connectivity index (χ0v) is 18.4. The molecule has 3 aromatic rings. The first-order valence-electron chi connectivity index (χ1n) is 9.40. The molecule has 0 bridgehead atoms. The fourth-order valence-corrected chi connectivity index (χ4v) is 4.17.